The van der Waals surface area contributed by atoms with E-state index in [0.29, 0.717) is 6.54 Å². The summed E-state index contributed by atoms with van der Waals surface area (Å²) in [5.41, 5.74) is 2.96. The lowest BCUT2D eigenvalue weighted by Crippen LogP contribution is -2.38. The van der Waals surface area contributed by atoms with Gasteiger partial charge >= 0.3 is 6.03 Å². The van der Waals surface area contributed by atoms with Gasteiger partial charge in [-0.05, 0) is 48.7 Å². The third-order valence-corrected chi connectivity index (χ3v) is 4.02. The van der Waals surface area contributed by atoms with Gasteiger partial charge in [-0.1, -0.05) is 0 Å². The van der Waals surface area contributed by atoms with Crippen LogP contribution in [0.4, 0.5) is 4.79 Å². The molecule has 120 valence electrons. The number of nitrogens with zero attached hydrogens (tertiary/aromatic N) is 2. The predicted octanol–water partition coefficient (Wildman–Crippen LogP) is 1.98. The van der Waals surface area contributed by atoms with Gasteiger partial charge in [0.15, 0.2) is 0 Å². The highest BCUT2D eigenvalue weighted by Gasteiger charge is 2.09. The Morgan fingerprint density at radius 3 is 2.91 bits per heavy atom. The van der Waals surface area contributed by atoms with Crippen LogP contribution in [0.3, 0.4) is 0 Å². The Bertz CT molecular complexity index is 595. The minimum atomic E-state index is -0.660. The molecule has 0 aliphatic heterocycles. The molecule has 1 atom stereocenters. The Morgan fingerprint density at radius 2 is 2.27 bits per heavy atom. The molecule has 0 radical (unpaired) electrons. The van der Waals surface area contributed by atoms with E-state index in [1.54, 1.807) is 0 Å². The first-order valence-electron chi connectivity index (χ1n) is 7.29. The standard InChI is InChI=1S/C15H22N4O2S/c1-11-8-12(2)19(18-11)6-3-5-16-15(21)17-9-14(20)13-4-7-22-10-13/h4,7-8,10,14,20H,3,5-6,9H2,1-2H3,(H2,16,17,21). The molecular weight excluding hydrogens is 300 g/mol. The molecule has 0 bridgehead atoms. The molecule has 2 amide bonds. The molecule has 0 aliphatic rings. The van der Waals surface area contributed by atoms with Gasteiger partial charge in [0.1, 0.15) is 0 Å². The van der Waals surface area contributed by atoms with Crippen molar-refractivity contribution in [2.24, 2.45) is 0 Å². The number of carbonyl (C=O) groups is 1. The zero-order valence-electron chi connectivity index (χ0n) is 12.9. The number of hydrogen-bond donors (Lipinski definition) is 3. The fraction of sp³-hybridized carbons (Fsp3) is 0.467. The number of aromatic nitrogens is 2. The number of amides is 2. The van der Waals surface area contributed by atoms with Gasteiger partial charge < -0.3 is 15.7 Å². The molecule has 1 unspecified atom stereocenters. The highest BCUT2D eigenvalue weighted by molar-refractivity contribution is 7.07. The van der Waals surface area contributed by atoms with E-state index >= 15 is 0 Å². The summed E-state index contributed by atoms with van der Waals surface area (Å²) in [6, 6.07) is 3.62. The van der Waals surface area contributed by atoms with Gasteiger partial charge in [0, 0.05) is 25.3 Å². The van der Waals surface area contributed by atoms with Crippen molar-refractivity contribution in [1.29, 1.82) is 0 Å². The van der Waals surface area contributed by atoms with Crippen LogP contribution in [-0.2, 0) is 6.54 Å². The lowest BCUT2D eigenvalue weighted by molar-refractivity contribution is 0.173. The van der Waals surface area contributed by atoms with E-state index < -0.39 is 6.10 Å². The number of aryl methyl sites for hydroxylation is 3. The van der Waals surface area contributed by atoms with Gasteiger partial charge in [0.25, 0.3) is 0 Å². The summed E-state index contributed by atoms with van der Waals surface area (Å²) in [6.07, 6.45) is 0.148. The first kappa shape index (κ1) is 16.5. The second-order valence-electron chi connectivity index (χ2n) is 5.21. The number of aliphatic hydroxyl groups excluding tert-OH is 1. The van der Waals surface area contributed by atoms with Gasteiger partial charge in [-0.15, -0.1) is 0 Å². The smallest absolute Gasteiger partial charge is 0.314 e. The monoisotopic (exact) mass is 322 g/mol. The summed E-state index contributed by atoms with van der Waals surface area (Å²) in [5.74, 6) is 0. The van der Waals surface area contributed by atoms with E-state index in [1.807, 2.05) is 41.4 Å². The summed E-state index contributed by atoms with van der Waals surface area (Å²) < 4.78 is 1.94. The summed E-state index contributed by atoms with van der Waals surface area (Å²) in [5, 5.41) is 23.5. The molecule has 0 saturated heterocycles. The number of nitrogens with one attached hydrogen (secondary N) is 2. The molecule has 6 nitrogen and oxygen atoms in total. The van der Waals surface area contributed by atoms with Crippen LogP contribution in [0.5, 0.6) is 0 Å². The third-order valence-electron chi connectivity index (χ3n) is 3.32. The van der Waals surface area contributed by atoms with Crippen LogP contribution in [0.2, 0.25) is 0 Å². The van der Waals surface area contributed by atoms with E-state index in [1.165, 1.54) is 11.3 Å². The summed E-state index contributed by atoms with van der Waals surface area (Å²) in [6.45, 7) is 5.54. The molecule has 0 spiro atoms. The van der Waals surface area contributed by atoms with Crippen molar-refractivity contribution in [3.63, 3.8) is 0 Å². The second kappa shape index (κ2) is 7.95. The fourth-order valence-electron chi connectivity index (χ4n) is 2.17. The largest absolute Gasteiger partial charge is 0.387 e. The second-order valence-corrected chi connectivity index (χ2v) is 5.99. The van der Waals surface area contributed by atoms with Crippen LogP contribution in [-0.4, -0.2) is 34.0 Å². The van der Waals surface area contributed by atoms with Crippen molar-refractivity contribution in [1.82, 2.24) is 20.4 Å². The molecule has 0 aromatic carbocycles. The molecular formula is C15H22N4O2S. The van der Waals surface area contributed by atoms with E-state index in [-0.39, 0.29) is 12.6 Å². The zero-order valence-corrected chi connectivity index (χ0v) is 13.7. The Kier molecular flexibility index (Phi) is 5.97. The molecule has 2 aromatic rings. The summed E-state index contributed by atoms with van der Waals surface area (Å²) >= 11 is 1.52. The Morgan fingerprint density at radius 1 is 1.45 bits per heavy atom. The molecule has 0 saturated carbocycles. The quantitative estimate of drug-likeness (QED) is 0.682. The number of hydrogen-bond acceptors (Lipinski definition) is 4. The van der Waals surface area contributed by atoms with Crippen LogP contribution in [0.25, 0.3) is 0 Å². The summed E-state index contributed by atoms with van der Waals surface area (Å²) in [4.78, 5) is 11.6. The first-order chi connectivity index (χ1) is 10.6. The molecule has 22 heavy (non-hydrogen) atoms. The lowest BCUT2D eigenvalue weighted by Gasteiger charge is -2.11. The minimum Gasteiger partial charge on any atom is -0.387 e. The predicted molar refractivity (Wildman–Crippen MR) is 87.0 cm³/mol. The van der Waals surface area contributed by atoms with Crippen molar-refractivity contribution >= 4 is 17.4 Å². The van der Waals surface area contributed by atoms with Crippen molar-refractivity contribution < 1.29 is 9.90 Å². The molecule has 0 aliphatic carbocycles. The van der Waals surface area contributed by atoms with Crippen molar-refractivity contribution in [3.8, 4) is 0 Å². The maximum absolute atomic E-state index is 11.6. The van der Waals surface area contributed by atoms with Gasteiger partial charge in [0.2, 0.25) is 0 Å². The SMILES string of the molecule is Cc1cc(C)n(CCCNC(=O)NCC(O)c2ccsc2)n1. The van der Waals surface area contributed by atoms with Crippen LogP contribution in [0, 0.1) is 13.8 Å². The van der Waals surface area contributed by atoms with Crippen molar-refractivity contribution in [2.45, 2.75) is 32.9 Å². The molecule has 3 N–H and O–H groups in total. The Balaban J connectivity index is 1.61. The highest BCUT2D eigenvalue weighted by Crippen LogP contribution is 2.14. The number of thiophene rings is 1. The molecule has 2 aromatic heterocycles. The molecule has 2 rings (SSSR count). The number of carbonyl (C=O) groups excluding carboxylic acids is 1. The normalized spacial score (nSPS) is 12.1. The fourth-order valence-corrected chi connectivity index (χ4v) is 2.87. The zero-order chi connectivity index (χ0) is 15.9. The van der Waals surface area contributed by atoms with Crippen LogP contribution in [0.1, 0.15) is 29.5 Å². The first-order valence-corrected chi connectivity index (χ1v) is 8.23. The van der Waals surface area contributed by atoms with Crippen molar-refractivity contribution in [2.75, 3.05) is 13.1 Å². The maximum atomic E-state index is 11.6. The van der Waals surface area contributed by atoms with E-state index in [2.05, 4.69) is 15.7 Å². The maximum Gasteiger partial charge on any atom is 0.314 e. The van der Waals surface area contributed by atoms with Crippen molar-refractivity contribution in [3.05, 3.63) is 39.8 Å². The van der Waals surface area contributed by atoms with Crippen LogP contribution >= 0.6 is 11.3 Å². The molecule has 7 heteroatoms. The third kappa shape index (κ3) is 4.85. The van der Waals surface area contributed by atoms with Gasteiger partial charge in [-0.2, -0.15) is 16.4 Å². The van der Waals surface area contributed by atoms with Gasteiger partial charge in [-0.3, -0.25) is 4.68 Å². The van der Waals surface area contributed by atoms with Crippen LogP contribution in [0.15, 0.2) is 22.9 Å². The van der Waals surface area contributed by atoms with Gasteiger partial charge in [0.05, 0.1) is 11.8 Å². The van der Waals surface area contributed by atoms with Gasteiger partial charge in [-0.25, -0.2) is 4.79 Å². The minimum absolute atomic E-state index is 0.208. The topological polar surface area (TPSA) is 79.2 Å². The number of rotatable bonds is 7. The molecule has 0 fully saturated rings. The Hall–Kier alpha value is -1.86. The summed E-state index contributed by atoms with van der Waals surface area (Å²) in [7, 11) is 0. The highest BCUT2D eigenvalue weighted by atomic mass is 32.1. The molecule has 2 heterocycles. The average molecular weight is 322 g/mol. The lowest BCUT2D eigenvalue weighted by atomic mass is 10.2. The number of aliphatic hydroxyl groups is 1. The number of urea groups is 1. The van der Waals surface area contributed by atoms with Crippen LogP contribution < -0.4 is 10.6 Å². The van der Waals surface area contributed by atoms with E-state index in [9.17, 15) is 9.90 Å². The average Bonchev–Trinajstić information content (AvgIpc) is 3.11. The van der Waals surface area contributed by atoms with E-state index in [4.69, 9.17) is 0 Å². The Labute approximate surface area is 134 Å². The van der Waals surface area contributed by atoms with E-state index in [0.717, 1.165) is 29.9 Å².